The molecular weight excluding hydrogens is 580 g/mol. The standard InChI is InChI=1S/C38H62N2O6/c1-32(2,3)46-29(42)23-45-40-20-19-39-28-12-13-36(8)27(33(28,4)5)11-14-38(10)30(36)26(41)21-24-25-22-35(7,31(43)44)16-15-34(25,6)17-18-37(24,38)9/h21,25,27-28,30,39-40H,11-20,22-23H2,1-10H3,(H,43,44)/t25-,27?,28-,30+,34+,35-,36-,37+,38+/m0/s1. The summed E-state index contributed by atoms with van der Waals surface area (Å²) in [5.74, 6) is -0.276. The van der Waals surface area contributed by atoms with Gasteiger partial charge in [-0.3, -0.25) is 14.4 Å². The molecule has 1 unspecified atom stereocenters. The van der Waals surface area contributed by atoms with Gasteiger partial charge in [-0.2, -0.15) is 0 Å². The summed E-state index contributed by atoms with van der Waals surface area (Å²) in [7, 11) is 0. The minimum Gasteiger partial charge on any atom is -0.481 e. The fourth-order valence-corrected chi connectivity index (χ4v) is 11.6. The zero-order valence-electron chi connectivity index (χ0n) is 30.4. The van der Waals surface area contributed by atoms with Gasteiger partial charge in [0.1, 0.15) is 5.60 Å². The fraction of sp³-hybridized carbons (Fsp3) is 0.868. The Morgan fingerprint density at radius 2 is 1.61 bits per heavy atom. The number of carboxylic acid groups (broad SMARTS) is 1. The number of esters is 1. The van der Waals surface area contributed by atoms with Crippen molar-refractivity contribution < 1.29 is 29.1 Å². The van der Waals surface area contributed by atoms with E-state index in [1.54, 1.807) is 0 Å². The van der Waals surface area contributed by atoms with E-state index in [0.29, 0.717) is 43.7 Å². The molecule has 8 nitrogen and oxygen atoms in total. The average Bonchev–Trinajstić information content (AvgIpc) is 2.92. The van der Waals surface area contributed by atoms with Gasteiger partial charge in [-0.05, 0) is 130 Å². The van der Waals surface area contributed by atoms with E-state index >= 15 is 0 Å². The highest BCUT2D eigenvalue weighted by Crippen LogP contribution is 2.75. The van der Waals surface area contributed by atoms with Crippen LogP contribution in [0.2, 0.25) is 0 Å². The van der Waals surface area contributed by atoms with Gasteiger partial charge < -0.3 is 15.2 Å². The summed E-state index contributed by atoms with van der Waals surface area (Å²) in [4.78, 5) is 44.2. The monoisotopic (exact) mass is 642 g/mol. The number of rotatable bonds is 8. The minimum absolute atomic E-state index is 0.00527. The molecule has 0 aliphatic heterocycles. The third kappa shape index (κ3) is 5.70. The molecule has 8 heteroatoms. The zero-order chi connectivity index (χ0) is 34.1. The summed E-state index contributed by atoms with van der Waals surface area (Å²) < 4.78 is 5.29. The van der Waals surface area contributed by atoms with Gasteiger partial charge in [-0.25, -0.2) is 10.3 Å². The van der Waals surface area contributed by atoms with Crippen LogP contribution in [0.25, 0.3) is 0 Å². The summed E-state index contributed by atoms with van der Waals surface area (Å²) in [5, 5.41) is 14.0. The predicted octanol–water partition coefficient (Wildman–Crippen LogP) is 6.87. The summed E-state index contributed by atoms with van der Waals surface area (Å²) in [6, 6.07) is 0.314. The number of carboxylic acids is 1. The Labute approximate surface area is 277 Å². The van der Waals surface area contributed by atoms with Crippen LogP contribution in [0.15, 0.2) is 11.6 Å². The van der Waals surface area contributed by atoms with E-state index < -0.39 is 23.0 Å². The number of ketones is 1. The molecule has 0 bridgehead atoms. The quantitative estimate of drug-likeness (QED) is 0.149. The zero-order valence-corrected chi connectivity index (χ0v) is 30.4. The molecule has 4 saturated carbocycles. The van der Waals surface area contributed by atoms with Gasteiger partial charge in [0.2, 0.25) is 0 Å². The number of carbonyl (C=O) groups excluding carboxylic acids is 2. The fourth-order valence-electron chi connectivity index (χ4n) is 11.6. The van der Waals surface area contributed by atoms with Crippen LogP contribution in [0.3, 0.4) is 0 Å². The molecular formula is C38H62N2O6. The average molecular weight is 643 g/mol. The van der Waals surface area contributed by atoms with Gasteiger partial charge in [0, 0.05) is 25.0 Å². The van der Waals surface area contributed by atoms with E-state index in [0.717, 1.165) is 44.9 Å². The molecule has 0 aromatic carbocycles. The Morgan fingerprint density at radius 1 is 0.935 bits per heavy atom. The largest absolute Gasteiger partial charge is 0.481 e. The number of carbonyl (C=O) groups is 3. The van der Waals surface area contributed by atoms with Crippen molar-refractivity contribution in [2.45, 2.75) is 139 Å². The van der Waals surface area contributed by atoms with Crippen LogP contribution in [0.1, 0.15) is 127 Å². The van der Waals surface area contributed by atoms with Crippen molar-refractivity contribution in [3.05, 3.63) is 11.6 Å². The SMILES string of the molecule is CC(C)(C)OC(=O)CONCCN[C@H]1CC[C@@]2(C)C(CC[C@]3(C)[C@@H]2C(=O)C=C2[C@@H]4C[C@@](C)(C(=O)O)CC[C@]4(C)CC[C@]23C)C1(C)C. The number of hydrogen-bond acceptors (Lipinski definition) is 7. The first-order valence-corrected chi connectivity index (χ1v) is 17.9. The summed E-state index contributed by atoms with van der Waals surface area (Å²) >= 11 is 0. The summed E-state index contributed by atoms with van der Waals surface area (Å²) in [6.45, 7) is 23.0. The second kappa shape index (κ2) is 11.7. The van der Waals surface area contributed by atoms with E-state index in [4.69, 9.17) is 9.57 Å². The van der Waals surface area contributed by atoms with Crippen LogP contribution in [0.5, 0.6) is 0 Å². The van der Waals surface area contributed by atoms with E-state index in [1.807, 2.05) is 27.7 Å². The third-order valence-electron chi connectivity index (χ3n) is 14.5. The van der Waals surface area contributed by atoms with E-state index in [9.17, 15) is 19.5 Å². The van der Waals surface area contributed by atoms with E-state index in [-0.39, 0.29) is 45.5 Å². The maximum atomic E-state index is 14.6. The Hall–Kier alpha value is -1.77. The number of ether oxygens (including phenoxy) is 1. The first-order chi connectivity index (χ1) is 21.1. The minimum atomic E-state index is -0.733. The molecule has 46 heavy (non-hydrogen) atoms. The molecule has 5 aliphatic rings. The molecule has 0 saturated heterocycles. The number of hydrogen-bond donors (Lipinski definition) is 3. The van der Waals surface area contributed by atoms with Gasteiger partial charge in [-0.15, -0.1) is 0 Å². The molecule has 0 spiro atoms. The maximum Gasteiger partial charge on any atom is 0.334 e. The van der Waals surface area contributed by atoms with Gasteiger partial charge in [0.15, 0.2) is 12.4 Å². The lowest BCUT2D eigenvalue weighted by molar-refractivity contribution is -0.189. The van der Waals surface area contributed by atoms with Gasteiger partial charge >= 0.3 is 11.9 Å². The number of fused-ring (bicyclic) bond motifs is 7. The molecule has 3 N–H and O–H groups in total. The number of nitrogens with one attached hydrogen (secondary N) is 2. The normalized spacial score (nSPS) is 43.3. The Bertz CT molecular complexity index is 1270. The Kier molecular flexibility index (Phi) is 9.03. The van der Waals surface area contributed by atoms with Crippen molar-refractivity contribution in [2.24, 2.45) is 50.2 Å². The van der Waals surface area contributed by atoms with Crippen LogP contribution < -0.4 is 10.8 Å². The Morgan fingerprint density at radius 3 is 2.26 bits per heavy atom. The van der Waals surface area contributed by atoms with Gasteiger partial charge in [0.05, 0.1) is 5.41 Å². The molecule has 9 atom stereocenters. The lowest BCUT2D eigenvalue weighted by Gasteiger charge is -2.70. The third-order valence-corrected chi connectivity index (χ3v) is 14.5. The maximum absolute atomic E-state index is 14.6. The topological polar surface area (TPSA) is 114 Å². The first-order valence-electron chi connectivity index (χ1n) is 17.9. The number of aliphatic carboxylic acids is 1. The van der Waals surface area contributed by atoms with E-state index in [1.165, 1.54) is 5.57 Å². The van der Waals surface area contributed by atoms with Crippen molar-refractivity contribution in [3.8, 4) is 0 Å². The van der Waals surface area contributed by atoms with Crippen molar-refractivity contribution in [1.82, 2.24) is 10.8 Å². The molecule has 0 heterocycles. The number of allylic oxidation sites excluding steroid dienone is 2. The molecule has 260 valence electrons. The molecule has 0 amide bonds. The second-order valence-corrected chi connectivity index (χ2v) is 18.7. The van der Waals surface area contributed by atoms with Crippen molar-refractivity contribution in [3.63, 3.8) is 0 Å². The highest BCUT2D eigenvalue weighted by Gasteiger charge is 2.70. The summed E-state index contributed by atoms with van der Waals surface area (Å²) in [5.41, 5.74) is 2.60. The van der Waals surface area contributed by atoms with Crippen molar-refractivity contribution in [2.75, 3.05) is 19.7 Å². The van der Waals surface area contributed by atoms with Crippen LogP contribution >= 0.6 is 0 Å². The predicted molar refractivity (Wildman–Crippen MR) is 179 cm³/mol. The smallest absolute Gasteiger partial charge is 0.334 e. The Balaban J connectivity index is 1.30. The van der Waals surface area contributed by atoms with Gasteiger partial charge in [-0.1, -0.05) is 47.1 Å². The van der Waals surface area contributed by atoms with Crippen LogP contribution in [-0.4, -0.2) is 54.2 Å². The second-order valence-electron chi connectivity index (χ2n) is 18.7. The van der Waals surface area contributed by atoms with Crippen LogP contribution in [0, 0.1) is 50.2 Å². The molecule has 0 aromatic rings. The molecule has 4 fully saturated rings. The highest BCUT2D eigenvalue weighted by molar-refractivity contribution is 5.95. The van der Waals surface area contributed by atoms with Gasteiger partial charge in [0.25, 0.3) is 0 Å². The number of hydroxylamine groups is 1. The molecule has 5 rings (SSSR count). The van der Waals surface area contributed by atoms with Crippen LogP contribution in [0.4, 0.5) is 0 Å². The van der Waals surface area contributed by atoms with Crippen LogP contribution in [-0.2, 0) is 24.0 Å². The highest BCUT2D eigenvalue weighted by atomic mass is 16.7. The lowest BCUT2D eigenvalue weighted by atomic mass is 9.33. The van der Waals surface area contributed by atoms with E-state index in [2.05, 4.69) is 58.4 Å². The molecule has 5 aliphatic carbocycles. The summed E-state index contributed by atoms with van der Waals surface area (Å²) in [6.07, 6.45) is 10.6. The van der Waals surface area contributed by atoms with Crippen molar-refractivity contribution >= 4 is 17.7 Å². The molecule has 0 aromatic heterocycles. The molecule has 0 radical (unpaired) electrons. The lowest BCUT2D eigenvalue weighted by Crippen LogP contribution is -2.67. The first kappa shape index (κ1) is 35.5. The van der Waals surface area contributed by atoms with Crippen molar-refractivity contribution in [1.29, 1.82) is 0 Å².